The van der Waals surface area contributed by atoms with E-state index in [2.05, 4.69) is 5.32 Å². The highest BCUT2D eigenvalue weighted by atomic mass is 16.5. The first kappa shape index (κ1) is 19.7. The predicted octanol–water partition coefficient (Wildman–Crippen LogP) is 2.57. The highest BCUT2D eigenvalue weighted by Crippen LogP contribution is 2.22. The lowest BCUT2D eigenvalue weighted by atomic mass is 10.1. The smallest absolute Gasteiger partial charge is 0.265 e. The van der Waals surface area contributed by atoms with Crippen molar-refractivity contribution in [2.45, 2.75) is 13.0 Å². The van der Waals surface area contributed by atoms with Crippen molar-refractivity contribution >= 4 is 17.5 Å². The summed E-state index contributed by atoms with van der Waals surface area (Å²) < 4.78 is 16.2. The number of methoxy groups -OCH3 is 1. The van der Waals surface area contributed by atoms with Crippen LogP contribution in [-0.4, -0.2) is 56.2 Å². The Labute approximate surface area is 164 Å². The fraction of sp³-hybridized carbons (Fsp3) is 0.333. The Kier molecular flexibility index (Phi) is 6.49. The van der Waals surface area contributed by atoms with Crippen LogP contribution in [0.25, 0.3) is 0 Å². The van der Waals surface area contributed by atoms with Crippen molar-refractivity contribution < 1.29 is 23.8 Å². The molecule has 148 valence electrons. The number of rotatable bonds is 6. The molecule has 2 aromatic carbocycles. The van der Waals surface area contributed by atoms with Gasteiger partial charge in [-0.1, -0.05) is 18.2 Å². The van der Waals surface area contributed by atoms with Gasteiger partial charge in [0.2, 0.25) is 0 Å². The second-order valence-corrected chi connectivity index (χ2v) is 6.38. The normalized spacial score (nSPS) is 14.9. The fourth-order valence-electron chi connectivity index (χ4n) is 2.88. The van der Waals surface area contributed by atoms with Crippen LogP contribution >= 0.6 is 0 Å². The van der Waals surface area contributed by atoms with Crippen LogP contribution in [0.3, 0.4) is 0 Å². The third-order valence-electron chi connectivity index (χ3n) is 4.44. The Balaban J connectivity index is 1.68. The van der Waals surface area contributed by atoms with E-state index in [1.807, 2.05) is 0 Å². The topological polar surface area (TPSA) is 77.1 Å². The number of morpholine rings is 1. The quantitative estimate of drug-likeness (QED) is 0.828. The van der Waals surface area contributed by atoms with Crippen molar-refractivity contribution in [3.8, 4) is 11.5 Å². The second kappa shape index (κ2) is 9.23. The molecule has 1 aliphatic heterocycles. The molecule has 1 saturated heterocycles. The maximum absolute atomic E-state index is 12.8. The Hall–Kier alpha value is -3.06. The summed E-state index contributed by atoms with van der Waals surface area (Å²) in [5.41, 5.74) is 0.913. The van der Waals surface area contributed by atoms with E-state index >= 15 is 0 Å². The summed E-state index contributed by atoms with van der Waals surface area (Å²) in [5.74, 6) is 0.705. The van der Waals surface area contributed by atoms with Crippen LogP contribution < -0.4 is 14.8 Å². The van der Waals surface area contributed by atoms with Crippen molar-refractivity contribution in [3.05, 3.63) is 54.1 Å². The largest absolute Gasteiger partial charge is 0.497 e. The van der Waals surface area contributed by atoms with E-state index in [1.165, 1.54) is 0 Å². The molecule has 2 amide bonds. The molecule has 0 radical (unpaired) electrons. The average Bonchev–Trinajstić information content (AvgIpc) is 2.74. The minimum Gasteiger partial charge on any atom is -0.497 e. The molecule has 7 nitrogen and oxygen atoms in total. The summed E-state index contributed by atoms with van der Waals surface area (Å²) >= 11 is 0. The van der Waals surface area contributed by atoms with E-state index in [1.54, 1.807) is 67.5 Å². The van der Waals surface area contributed by atoms with E-state index in [4.69, 9.17) is 14.2 Å². The van der Waals surface area contributed by atoms with Crippen LogP contribution in [0, 0.1) is 0 Å². The Morgan fingerprint density at radius 2 is 1.79 bits per heavy atom. The molecule has 0 bridgehead atoms. The van der Waals surface area contributed by atoms with Gasteiger partial charge in [0.25, 0.3) is 11.8 Å². The SMILES string of the molecule is COc1cccc(O[C@@H](C)C(=O)Nc2ccccc2C(=O)N2CCOCC2)c1. The number of carbonyl (C=O) groups excluding carboxylic acids is 2. The highest BCUT2D eigenvalue weighted by Gasteiger charge is 2.23. The van der Waals surface area contributed by atoms with Gasteiger partial charge in [-0.15, -0.1) is 0 Å². The van der Waals surface area contributed by atoms with Gasteiger partial charge in [-0.25, -0.2) is 0 Å². The summed E-state index contributed by atoms with van der Waals surface area (Å²) in [4.78, 5) is 27.1. The number of ether oxygens (including phenoxy) is 3. The summed E-state index contributed by atoms with van der Waals surface area (Å²) in [6, 6.07) is 14.0. The number of anilines is 1. The summed E-state index contributed by atoms with van der Waals surface area (Å²) in [6.07, 6.45) is -0.751. The molecule has 1 heterocycles. The van der Waals surface area contributed by atoms with Crippen LogP contribution in [0.2, 0.25) is 0 Å². The van der Waals surface area contributed by atoms with Crippen LogP contribution in [0.5, 0.6) is 11.5 Å². The molecule has 1 atom stereocenters. The van der Waals surface area contributed by atoms with Crippen molar-refractivity contribution in [3.63, 3.8) is 0 Å². The van der Waals surface area contributed by atoms with Gasteiger partial charge >= 0.3 is 0 Å². The lowest BCUT2D eigenvalue weighted by Gasteiger charge is -2.27. The molecule has 1 fully saturated rings. The summed E-state index contributed by atoms with van der Waals surface area (Å²) in [5, 5.41) is 2.81. The van der Waals surface area contributed by atoms with Gasteiger partial charge in [-0.05, 0) is 31.2 Å². The van der Waals surface area contributed by atoms with Gasteiger partial charge < -0.3 is 24.4 Å². The number of carbonyl (C=O) groups is 2. The number of benzene rings is 2. The van der Waals surface area contributed by atoms with Gasteiger partial charge in [-0.3, -0.25) is 9.59 Å². The van der Waals surface area contributed by atoms with Crippen molar-refractivity contribution in [1.82, 2.24) is 4.90 Å². The fourth-order valence-corrected chi connectivity index (χ4v) is 2.88. The van der Waals surface area contributed by atoms with Crippen LogP contribution in [0.15, 0.2) is 48.5 Å². The third-order valence-corrected chi connectivity index (χ3v) is 4.44. The van der Waals surface area contributed by atoms with Crippen molar-refractivity contribution in [1.29, 1.82) is 0 Å². The van der Waals surface area contributed by atoms with E-state index in [9.17, 15) is 9.59 Å². The molecule has 0 saturated carbocycles. The molecule has 1 aliphatic rings. The first-order valence-corrected chi connectivity index (χ1v) is 9.16. The summed E-state index contributed by atoms with van der Waals surface area (Å²) in [7, 11) is 1.57. The van der Waals surface area contributed by atoms with Gasteiger partial charge in [0, 0.05) is 19.2 Å². The minimum atomic E-state index is -0.751. The number of hydrogen-bond donors (Lipinski definition) is 1. The zero-order chi connectivity index (χ0) is 19.9. The molecule has 3 rings (SSSR count). The highest BCUT2D eigenvalue weighted by molar-refractivity contribution is 6.04. The Bertz CT molecular complexity index is 833. The van der Waals surface area contributed by atoms with Crippen molar-refractivity contribution in [2.24, 2.45) is 0 Å². The first-order valence-electron chi connectivity index (χ1n) is 9.16. The van der Waals surface area contributed by atoms with Crippen molar-refractivity contribution in [2.75, 3.05) is 38.7 Å². The number of hydrogen-bond acceptors (Lipinski definition) is 5. The molecule has 0 aromatic heterocycles. The van der Waals surface area contributed by atoms with E-state index in [-0.39, 0.29) is 11.8 Å². The second-order valence-electron chi connectivity index (χ2n) is 6.38. The monoisotopic (exact) mass is 384 g/mol. The van der Waals surface area contributed by atoms with E-state index < -0.39 is 6.10 Å². The zero-order valence-electron chi connectivity index (χ0n) is 16.0. The Morgan fingerprint density at radius 1 is 1.07 bits per heavy atom. The molecule has 1 N–H and O–H groups in total. The molecule has 2 aromatic rings. The Morgan fingerprint density at radius 3 is 2.54 bits per heavy atom. The molecular weight excluding hydrogens is 360 g/mol. The molecule has 7 heteroatoms. The molecule has 0 unspecified atom stereocenters. The van der Waals surface area contributed by atoms with Crippen LogP contribution in [0.1, 0.15) is 17.3 Å². The molecule has 0 spiro atoms. The van der Waals surface area contributed by atoms with Crippen LogP contribution in [-0.2, 0) is 9.53 Å². The molecular formula is C21H24N2O5. The standard InChI is InChI=1S/C21H24N2O5/c1-15(28-17-7-5-6-16(14-17)26-2)20(24)22-19-9-4-3-8-18(19)21(25)23-10-12-27-13-11-23/h3-9,14-15H,10-13H2,1-2H3,(H,22,24)/t15-/m0/s1. The molecule has 0 aliphatic carbocycles. The van der Waals surface area contributed by atoms with Gasteiger partial charge in [0.1, 0.15) is 11.5 Å². The maximum Gasteiger partial charge on any atom is 0.265 e. The summed E-state index contributed by atoms with van der Waals surface area (Å²) in [6.45, 7) is 3.77. The van der Waals surface area contributed by atoms with Crippen LogP contribution in [0.4, 0.5) is 5.69 Å². The van der Waals surface area contributed by atoms with Gasteiger partial charge in [-0.2, -0.15) is 0 Å². The number of nitrogens with one attached hydrogen (secondary N) is 1. The lowest BCUT2D eigenvalue weighted by Crippen LogP contribution is -2.41. The predicted molar refractivity (Wildman–Crippen MR) is 105 cm³/mol. The maximum atomic E-state index is 12.8. The third kappa shape index (κ3) is 4.80. The number of para-hydroxylation sites is 1. The van der Waals surface area contributed by atoms with E-state index in [0.717, 1.165) is 0 Å². The zero-order valence-corrected chi connectivity index (χ0v) is 16.0. The van der Waals surface area contributed by atoms with Gasteiger partial charge in [0.05, 0.1) is 31.6 Å². The number of nitrogens with zero attached hydrogens (tertiary/aromatic N) is 1. The van der Waals surface area contributed by atoms with E-state index in [0.29, 0.717) is 49.1 Å². The number of amides is 2. The van der Waals surface area contributed by atoms with Gasteiger partial charge in [0.15, 0.2) is 6.10 Å². The first-order chi connectivity index (χ1) is 13.6. The average molecular weight is 384 g/mol. The lowest BCUT2D eigenvalue weighted by molar-refractivity contribution is -0.122. The molecule has 28 heavy (non-hydrogen) atoms. The minimum absolute atomic E-state index is 0.124.